The number of hydrogen-bond acceptors (Lipinski definition) is 2. The molecule has 1 aromatic rings. The largest absolute Gasteiger partial charge is 0.346 e. The summed E-state index contributed by atoms with van der Waals surface area (Å²) in [5.41, 5.74) is 2.43. The molecule has 0 radical (unpaired) electrons. The lowest BCUT2D eigenvalue weighted by Crippen LogP contribution is -2.48. The monoisotopic (exact) mass is 272 g/mol. The van der Waals surface area contributed by atoms with Gasteiger partial charge in [-0.2, -0.15) is 0 Å². The molecule has 0 saturated carbocycles. The molecule has 0 aromatic carbocycles. The molecule has 4 aliphatic rings. The lowest BCUT2D eigenvalue weighted by Gasteiger charge is -2.46. The lowest BCUT2D eigenvalue weighted by atomic mass is 9.76. The number of carbonyl (C=O) groups is 1. The van der Waals surface area contributed by atoms with Gasteiger partial charge in [-0.05, 0) is 49.8 Å². The summed E-state index contributed by atoms with van der Waals surface area (Å²) in [7, 11) is 0. The lowest BCUT2D eigenvalue weighted by molar-refractivity contribution is 0.0547. The van der Waals surface area contributed by atoms with Crippen LogP contribution in [-0.4, -0.2) is 34.9 Å². The predicted molar refractivity (Wildman–Crippen MR) is 79.1 cm³/mol. The molecule has 3 aliphatic heterocycles. The van der Waals surface area contributed by atoms with Gasteiger partial charge in [-0.3, -0.25) is 4.79 Å². The third-order valence-electron chi connectivity index (χ3n) is 5.59. The molecule has 0 N–H and O–H groups in total. The predicted octanol–water partition coefficient (Wildman–Crippen LogP) is 2.91. The molecular formula is C17H24N2O. The number of aromatic nitrogens is 1. The first kappa shape index (κ1) is 12.6. The Morgan fingerprint density at radius 1 is 1.20 bits per heavy atom. The van der Waals surface area contributed by atoms with E-state index >= 15 is 0 Å². The van der Waals surface area contributed by atoms with Gasteiger partial charge in [-0.15, -0.1) is 0 Å². The number of nitrogens with zero attached hydrogens (tertiary/aromatic N) is 2. The van der Waals surface area contributed by atoms with Crippen LogP contribution in [0.4, 0.5) is 0 Å². The van der Waals surface area contributed by atoms with Crippen LogP contribution in [0.5, 0.6) is 0 Å². The second kappa shape index (κ2) is 4.20. The van der Waals surface area contributed by atoms with Crippen LogP contribution in [-0.2, 0) is 6.42 Å². The van der Waals surface area contributed by atoms with E-state index in [2.05, 4.69) is 35.6 Å². The zero-order chi connectivity index (χ0) is 13.9. The van der Waals surface area contributed by atoms with Crippen LogP contribution in [0.2, 0.25) is 0 Å². The van der Waals surface area contributed by atoms with Crippen molar-refractivity contribution in [3.8, 4) is 0 Å². The van der Waals surface area contributed by atoms with Gasteiger partial charge in [0.25, 0.3) is 0 Å². The Balaban J connectivity index is 1.72. The van der Waals surface area contributed by atoms with E-state index in [1.54, 1.807) is 0 Å². The van der Waals surface area contributed by atoms with Crippen molar-refractivity contribution in [3.63, 3.8) is 0 Å². The zero-order valence-electron chi connectivity index (χ0n) is 12.6. The van der Waals surface area contributed by atoms with Crippen molar-refractivity contribution in [3.05, 3.63) is 23.5 Å². The summed E-state index contributed by atoms with van der Waals surface area (Å²) in [6, 6.07) is 2.67. The summed E-state index contributed by atoms with van der Waals surface area (Å²) in [5, 5.41) is 0. The minimum absolute atomic E-state index is 0.119. The van der Waals surface area contributed by atoms with Gasteiger partial charge in [0.15, 0.2) is 5.78 Å². The van der Waals surface area contributed by atoms with E-state index in [1.165, 1.54) is 38.2 Å². The van der Waals surface area contributed by atoms with Crippen molar-refractivity contribution < 1.29 is 4.79 Å². The van der Waals surface area contributed by atoms with Crippen LogP contribution in [0, 0.1) is 11.3 Å². The van der Waals surface area contributed by atoms with Gasteiger partial charge in [0.05, 0.1) is 0 Å². The maximum absolute atomic E-state index is 12.3. The number of rotatable bonds is 1. The van der Waals surface area contributed by atoms with Gasteiger partial charge in [-0.25, -0.2) is 0 Å². The van der Waals surface area contributed by atoms with Gasteiger partial charge >= 0.3 is 0 Å². The number of Topliss-reactive ketones (excluding diaryl/α,β-unsaturated/α-hetero) is 1. The van der Waals surface area contributed by atoms with E-state index in [9.17, 15) is 4.79 Å². The Morgan fingerprint density at radius 2 is 1.95 bits per heavy atom. The Kier molecular flexibility index (Phi) is 2.65. The van der Waals surface area contributed by atoms with Crippen LogP contribution in [0.15, 0.2) is 12.3 Å². The van der Waals surface area contributed by atoms with Gasteiger partial charge < -0.3 is 9.47 Å². The highest BCUT2D eigenvalue weighted by molar-refractivity contribution is 5.98. The number of ketones is 1. The Bertz CT molecular complexity index is 549. The van der Waals surface area contributed by atoms with Crippen molar-refractivity contribution in [1.82, 2.24) is 9.47 Å². The summed E-state index contributed by atoms with van der Waals surface area (Å²) in [6.45, 7) is 8.17. The first-order valence-electron chi connectivity index (χ1n) is 7.99. The smallest absolute Gasteiger partial charge is 0.165 e. The summed E-state index contributed by atoms with van der Waals surface area (Å²) in [4.78, 5) is 14.9. The molecular weight excluding hydrogens is 248 g/mol. The Hall–Kier alpha value is -1.09. The highest BCUT2D eigenvalue weighted by Gasteiger charge is 2.39. The van der Waals surface area contributed by atoms with Crippen molar-refractivity contribution in [2.75, 3.05) is 19.6 Å². The summed E-state index contributed by atoms with van der Waals surface area (Å²) in [5.74, 6) is 1.16. The van der Waals surface area contributed by atoms with Crippen molar-refractivity contribution >= 4 is 5.78 Å². The van der Waals surface area contributed by atoms with Crippen LogP contribution < -0.4 is 0 Å². The molecule has 5 rings (SSSR count). The molecule has 1 atom stereocenters. The number of fused-ring (bicyclic) bond motifs is 4. The fourth-order valence-electron chi connectivity index (χ4n) is 4.53. The molecule has 1 aromatic heterocycles. The zero-order valence-corrected chi connectivity index (χ0v) is 12.6. The number of piperidine rings is 3. The average Bonchev–Trinajstić information content (AvgIpc) is 2.82. The fourth-order valence-corrected chi connectivity index (χ4v) is 4.53. The van der Waals surface area contributed by atoms with Crippen LogP contribution >= 0.6 is 0 Å². The maximum atomic E-state index is 12.3. The quantitative estimate of drug-likeness (QED) is 0.785. The maximum Gasteiger partial charge on any atom is 0.165 e. The first-order chi connectivity index (χ1) is 9.53. The number of carbonyl (C=O) groups excluding carboxylic acids is 1. The van der Waals surface area contributed by atoms with Crippen molar-refractivity contribution in [2.24, 2.45) is 11.3 Å². The molecule has 1 unspecified atom stereocenters. The van der Waals surface area contributed by atoms with Gasteiger partial charge in [0.1, 0.15) is 0 Å². The molecule has 3 saturated heterocycles. The van der Waals surface area contributed by atoms with E-state index in [4.69, 9.17) is 0 Å². The highest BCUT2D eigenvalue weighted by atomic mass is 16.1. The topological polar surface area (TPSA) is 25.2 Å². The standard InChI is InChI=1S/C17H24N2O/c1-17(2)9-14-13(16(20)10-17)5-8-19(14)15-11-18-6-3-12(15)4-7-18/h5,8,12,15H,3-4,6-7,9-11H2,1-2H3. The summed E-state index contributed by atoms with van der Waals surface area (Å²) in [6.07, 6.45) is 6.59. The fraction of sp³-hybridized carbons (Fsp3) is 0.706. The summed E-state index contributed by atoms with van der Waals surface area (Å²) >= 11 is 0. The molecule has 3 fully saturated rings. The highest BCUT2D eigenvalue weighted by Crippen LogP contribution is 2.41. The Morgan fingerprint density at radius 3 is 2.60 bits per heavy atom. The third kappa shape index (κ3) is 1.86. The van der Waals surface area contributed by atoms with Gasteiger partial charge in [0, 0.05) is 36.5 Å². The van der Waals surface area contributed by atoms with E-state index in [0.717, 1.165) is 17.9 Å². The van der Waals surface area contributed by atoms with Crippen LogP contribution in [0.1, 0.15) is 55.2 Å². The number of hydrogen-bond donors (Lipinski definition) is 0. The van der Waals surface area contributed by atoms with E-state index in [-0.39, 0.29) is 5.41 Å². The molecule has 2 bridgehead atoms. The molecule has 0 spiro atoms. The van der Waals surface area contributed by atoms with Crippen LogP contribution in [0.25, 0.3) is 0 Å². The van der Waals surface area contributed by atoms with E-state index in [0.29, 0.717) is 18.2 Å². The van der Waals surface area contributed by atoms with Crippen molar-refractivity contribution in [2.45, 2.75) is 45.6 Å². The molecule has 4 heterocycles. The molecule has 3 nitrogen and oxygen atoms in total. The second-order valence-electron chi connectivity index (χ2n) is 7.73. The van der Waals surface area contributed by atoms with Crippen molar-refractivity contribution in [1.29, 1.82) is 0 Å². The minimum atomic E-state index is 0.119. The normalized spacial score (nSPS) is 35.1. The second-order valence-corrected chi connectivity index (χ2v) is 7.73. The van der Waals surface area contributed by atoms with E-state index in [1.807, 2.05) is 0 Å². The SMILES string of the molecule is CC1(C)CC(=O)c2ccn(C3CN4CCC3CC4)c2C1. The third-order valence-corrected chi connectivity index (χ3v) is 5.59. The molecule has 0 amide bonds. The van der Waals surface area contributed by atoms with Gasteiger partial charge in [0.2, 0.25) is 0 Å². The van der Waals surface area contributed by atoms with Gasteiger partial charge in [-0.1, -0.05) is 13.8 Å². The molecule has 1 aliphatic carbocycles. The molecule has 20 heavy (non-hydrogen) atoms. The first-order valence-corrected chi connectivity index (χ1v) is 7.99. The van der Waals surface area contributed by atoms with Crippen LogP contribution in [0.3, 0.4) is 0 Å². The summed E-state index contributed by atoms with van der Waals surface area (Å²) < 4.78 is 2.46. The molecule has 3 heteroatoms. The van der Waals surface area contributed by atoms with E-state index < -0.39 is 0 Å². The minimum Gasteiger partial charge on any atom is -0.346 e. The Labute approximate surface area is 120 Å². The molecule has 108 valence electrons. The average molecular weight is 272 g/mol.